The topological polar surface area (TPSA) is 109 Å². The first-order chi connectivity index (χ1) is 6.47. The van der Waals surface area contributed by atoms with E-state index >= 15 is 0 Å². The molecule has 80 valence electrons. The molecule has 0 aliphatic carbocycles. The van der Waals surface area contributed by atoms with E-state index in [0.717, 1.165) is 0 Å². The standard InChI is InChI=1S/C8H14N2O4/c1-5(4-11)10-8(14)6(9)2-3-7(12)13/h4-6H,2-3,9H2,1H3,(H,10,14)(H,12,13)/t5-,6-/m0/s1. The number of carboxylic acid groups (broad SMARTS) is 1. The molecular formula is C8H14N2O4. The van der Waals surface area contributed by atoms with Crippen LogP contribution in [0.3, 0.4) is 0 Å². The molecule has 0 saturated heterocycles. The first-order valence-electron chi connectivity index (χ1n) is 4.20. The third-order valence-electron chi connectivity index (χ3n) is 1.58. The first kappa shape index (κ1) is 12.6. The van der Waals surface area contributed by atoms with E-state index < -0.39 is 24.0 Å². The number of carbonyl (C=O) groups is 3. The van der Waals surface area contributed by atoms with E-state index in [1.807, 2.05) is 0 Å². The smallest absolute Gasteiger partial charge is 0.303 e. The Morgan fingerprint density at radius 2 is 2.14 bits per heavy atom. The maximum absolute atomic E-state index is 11.1. The third-order valence-corrected chi connectivity index (χ3v) is 1.58. The molecule has 1 amide bonds. The van der Waals surface area contributed by atoms with E-state index in [0.29, 0.717) is 6.29 Å². The van der Waals surface area contributed by atoms with Gasteiger partial charge < -0.3 is 21.0 Å². The lowest BCUT2D eigenvalue weighted by atomic mass is 10.1. The molecular weight excluding hydrogens is 188 g/mol. The van der Waals surface area contributed by atoms with E-state index in [-0.39, 0.29) is 12.8 Å². The van der Waals surface area contributed by atoms with E-state index in [1.165, 1.54) is 6.92 Å². The highest BCUT2D eigenvalue weighted by atomic mass is 16.4. The predicted octanol–water partition coefficient (Wildman–Crippen LogP) is -1.12. The summed E-state index contributed by atoms with van der Waals surface area (Å²) in [6, 6.07) is -1.48. The van der Waals surface area contributed by atoms with E-state index in [4.69, 9.17) is 10.8 Å². The summed E-state index contributed by atoms with van der Waals surface area (Å²) in [6.45, 7) is 1.51. The minimum Gasteiger partial charge on any atom is -0.481 e. The van der Waals surface area contributed by atoms with Crippen molar-refractivity contribution < 1.29 is 19.5 Å². The number of carboxylic acids is 1. The van der Waals surface area contributed by atoms with Gasteiger partial charge in [0.25, 0.3) is 0 Å². The number of amides is 1. The van der Waals surface area contributed by atoms with Crippen molar-refractivity contribution in [2.75, 3.05) is 0 Å². The van der Waals surface area contributed by atoms with Crippen molar-refractivity contribution in [3.05, 3.63) is 0 Å². The Hall–Kier alpha value is -1.43. The molecule has 14 heavy (non-hydrogen) atoms. The molecule has 0 spiro atoms. The number of nitrogens with two attached hydrogens (primary N) is 1. The Labute approximate surface area is 81.5 Å². The summed E-state index contributed by atoms with van der Waals surface area (Å²) < 4.78 is 0. The summed E-state index contributed by atoms with van der Waals surface area (Å²) in [6.07, 6.45) is 0.471. The third kappa shape index (κ3) is 5.26. The number of hydrogen-bond donors (Lipinski definition) is 3. The normalized spacial score (nSPS) is 14.1. The lowest BCUT2D eigenvalue weighted by Gasteiger charge is -2.12. The molecule has 2 atom stereocenters. The van der Waals surface area contributed by atoms with E-state index in [9.17, 15) is 14.4 Å². The highest BCUT2D eigenvalue weighted by molar-refractivity contribution is 5.84. The lowest BCUT2D eigenvalue weighted by Crippen LogP contribution is -2.45. The van der Waals surface area contributed by atoms with Crippen LogP contribution in [0.1, 0.15) is 19.8 Å². The van der Waals surface area contributed by atoms with Gasteiger partial charge in [0.15, 0.2) is 0 Å². The average Bonchev–Trinajstić information content (AvgIpc) is 2.13. The summed E-state index contributed by atoms with van der Waals surface area (Å²) in [4.78, 5) is 31.5. The van der Waals surface area contributed by atoms with Crippen molar-refractivity contribution in [1.82, 2.24) is 5.32 Å². The Balaban J connectivity index is 3.87. The number of nitrogens with one attached hydrogen (secondary N) is 1. The Bertz CT molecular complexity index is 229. The zero-order valence-electron chi connectivity index (χ0n) is 7.90. The summed E-state index contributed by atoms with van der Waals surface area (Å²) in [5.41, 5.74) is 5.38. The summed E-state index contributed by atoms with van der Waals surface area (Å²) in [5.74, 6) is -1.51. The lowest BCUT2D eigenvalue weighted by molar-refractivity contribution is -0.137. The number of hydrogen-bond acceptors (Lipinski definition) is 4. The number of rotatable bonds is 6. The van der Waals surface area contributed by atoms with Crippen molar-refractivity contribution in [3.63, 3.8) is 0 Å². The highest BCUT2D eigenvalue weighted by Crippen LogP contribution is 1.95. The molecule has 0 heterocycles. The highest BCUT2D eigenvalue weighted by Gasteiger charge is 2.16. The first-order valence-corrected chi connectivity index (χ1v) is 4.20. The van der Waals surface area contributed by atoms with Gasteiger partial charge in [0.1, 0.15) is 6.29 Å². The quantitative estimate of drug-likeness (QED) is 0.473. The van der Waals surface area contributed by atoms with Crippen molar-refractivity contribution in [1.29, 1.82) is 0 Å². The largest absolute Gasteiger partial charge is 0.481 e. The van der Waals surface area contributed by atoms with Crippen LogP contribution >= 0.6 is 0 Å². The number of aldehydes is 1. The molecule has 0 fully saturated rings. The van der Waals surface area contributed by atoms with Gasteiger partial charge >= 0.3 is 5.97 Å². The van der Waals surface area contributed by atoms with Crippen LogP contribution in [0, 0.1) is 0 Å². The molecule has 0 aromatic rings. The van der Waals surface area contributed by atoms with Crippen molar-refractivity contribution in [3.8, 4) is 0 Å². The SMILES string of the molecule is C[C@@H](C=O)NC(=O)[C@@H](N)CCC(=O)O. The molecule has 0 unspecified atom stereocenters. The van der Waals surface area contributed by atoms with Gasteiger partial charge in [-0.1, -0.05) is 0 Å². The molecule has 0 saturated carbocycles. The molecule has 6 heteroatoms. The van der Waals surface area contributed by atoms with Gasteiger partial charge in [-0.3, -0.25) is 9.59 Å². The van der Waals surface area contributed by atoms with Crippen LogP contribution in [0.15, 0.2) is 0 Å². The van der Waals surface area contributed by atoms with Gasteiger partial charge in [-0.05, 0) is 13.3 Å². The van der Waals surface area contributed by atoms with Gasteiger partial charge in [-0.2, -0.15) is 0 Å². The fourth-order valence-electron chi connectivity index (χ4n) is 0.776. The van der Waals surface area contributed by atoms with E-state index in [1.54, 1.807) is 0 Å². The Morgan fingerprint density at radius 3 is 2.57 bits per heavy atom. The van der Waals surface area contributed by atoms with Gasteiger partial charge in [-0.25, -0.2) is 0 Å². The molecule has 0 rings (SSSR count). The van der Waals surface area contributed by atoms with Crippen LogP contribution in [0.5, 0.6) is 0 Å². The zero-order chi connectivity index (χ0) is 11.1. The Kier molecular flexibility index (Phi) is 5.47. The second-order valence-corrected chi connectivity index (χ2v) is 2.97. The monoisotopic (exact) mass is 202 g/mol. The Morgan fingerprint density at radius 1 is 1.57 bits per heavy atom. The minimum atomic E-state index is -1.00. The van der Waals surface area contributed by atoms with Gasteiger partial charge in [0, 0.05) is 6.42 Å². The van der Waals surface area contributed by atoms with Crippen LogP contribution in [0.25, 0.3) is 0 Å². The van der Waals surface area contributed by atoms with Crippen LogP contribution in [0.2, 0.25) is 0 Å². The fourth-order valence-corrected chi connectivity index (χ4v) is 0.776. The number of carbonyl (C=O) groups excluding carboxylic acids is 2. The zero-order valence-corrected chi connectivity index (χ0v) is 7.90. The van der Waals surface area contributed by atoms with Crippen molar-refractivity contribution >= 4 is 18.2 Å². The minimum absolute atomic E-state index is 0.0622. The van der Waals surface area contributed by atoms with Crippen molar-refractivity contribution in [2.24, 2.45) is 5.73 Å². The summed E-state index contributed by atoms with van der Waals surface area (Å²) >= 11 is 0. The van der Waals surface area contributed by atoms with Gasteiger partial charge in [0.05, 0.1) is 12.1 Å². The summed E-state index contributed by atoms with van der Waals surface area (Å²) in [7, 11) is 0. The molecule has 0 radical (unpaired) electrons. The van der Waals surface area contributed by atoms with Crippen molar-refractivity contribution in [2.45, 2.75) is 31.8 Å². The molecule has 0 aromatic heterocycles. The molecule has 4 N–H and O–H groups in total. The molecule has 0 aliphatic heterocycles. The maximum Gasteiger partial charge on any atom is 0.303 e. The molecule has 6 nitrogen and oxygen atoms in total. The van der Waals surface area contributed by atoms with Crippen LogP contribution in [-0.4, -0.2) is 35.4 Å². The van der Waals surface area contributed by atoms with Crippen LogP contribution < -0.4 is 11.1 Å². The fraction of sp³-hybridized carbons (Fsp3) is 0.625. The van der Waals surface area contributed by atoms with Gasteiger partial charge in [-0.15, -0.1) is 0 Å². The van der Waals surface area contributed by atoms with Crippen LogP contribution in [-0.2, 0) is 14.4 Å². The van der Waals surface area contributed by atoms with E-state index in [2.05, 4.69) is 5.32 Å². The molecule has 0 bridgehead atoms. The second-order valence-electron chi connectivity index (χ2n) is 2.97. The predicted molar refractivity (Wildman–Crippen MR) is 48.5 cm³/mol. The maximum atomic E-state index is 11.1. The number of aliphatic carboxylic acids is 1. The van der Waals surface area contributed by atoms with Gasteiger partial charge in [0.2, 0.25) is 5.91 Å². The summed E-state index contributed by atoms with van der Waals surface area (Å²) in [5, 5.41) is 10.7. The van der Waals surface area contributed by atoms with Crippen LogP contribution in [0.4, 0.5) is 0 Å². The molecule has 0 aromatic carbocycles. The molecule has 0 aliphatic rings. The average molecular weight is 202 g/mol. The second kappa shape index (κ2) is 6.09.